The van der Waals surface area contributed by atoms with E-state index < -0.39 is 0 Å². The normalized spacial score (nSPS) is 15.0. The number of para-hydroxylation sites is 2. The van der Waals surface area contributed by atoms with Crippen LogP contribution in [0.2, 0.25) is 0 Å². The van der Waals surface area contributed by atoms with Gasteiger partial charge in [0.25, 0.3) is 0 Å². The van der Waals surface area contributed by atoms with Crippen molar-refractivity contribution in [1.29, 1.82) is 0 Å². The van der Waals surface area contributed by atoms with Crippen LogP contribution >= 0.6 is 0 Å². The van der Waals surface area contributed by atoms with Gasteiger partial charge >= 0.3 is 0 Å². The summed E-state index contributed by atoms with van der Waals surface area (Å²) < 4.78 is 0. The minimum Gasteiger partial charge on any atom is -0.507 e. The number of phenols is 2. The second kappa shape index (κ2) is 7.09. The summed E-state index contributed by atoms with van der Waals surface area (Å²) in [4.78, 5) is 8.62. The summed E-state index contributed by atoms with van der Waals surface area (Å²) in [6, 6.07) is 11.5. The quantitative estimate of drug-likeness (QED) is 0.785. The lowest BCUT2D eigenvalue weighted by atomic mass is 9.99. The molecule has 118 valence electrons. The third-order valence-electron chi connectivity index (χ3n) is 4.01. The van der Waals surface area contributed by atoms with Crippen LogP contribution in [0.1, 0.15) is 28.7 Å². The fourth-order valence-electron chi connectivity index (χ4n) is 2.74. The standard InChI is InChI=1S/C19H20N2O2/c22-18-14-4-1-5-15-7-3-9-17(19(15)23)13-21-11-10-20-12-16(18)8-2-6-14/h2-3,6-9,12-13,22-23H,1,4-5,10-11H2. The molecule has 1 aliphatic heterocycles. The van der Waals surface area contributed by atoms with E-state index in [1.54, 1.807) is 12.4 Å². The summed E-state index contributed by atoms with van der Waals surface area (Å²) in [6.07, 6.45) is 5.76. The van der Waals surface area contributed by atoms with Crippen LogP contribution in [0, 0.1) is 0 Å². The largest absolute Gasteiger partial charge is 0.507 e. The molecule has 0 radical (unpaired) electrons. The zero-order valence-electron chi connectivity index (χ0n) is 12.9. The third-order valence-corrected chi connectivity index (χ3v) is 4.01. The van der Waals surface area contributed by atoms with Crippen LogP contribution in [0.4, 0.5) is 0 Å². The Bertz CT molecular complexity index is 688. The first-order valence-corrected chi connectivity index (χ1v) is 7.87. The Labute approximate surface area is 135 Å². The topological polar surface area (TPSA) is 65.2 Å². The number of aromatic hydroxyl groups is 2. The van der Waals surface area contributed by atoms with Crippen molar-refractivity contribution in [2.24, 2.45) is 9.98 Å². The summed E-state index contributed by atoms with van der Waals surface area (Å²) in [5, 5.41) is 20.7. The number of nitrogens with zero attached hydrogens (tertiary/aromatic N) is 2. The Kier molecular flexibility index (Phi) is 4.71. The molecular formula is C19H20N2O2. The highest BCUT2D eigenvalue weighted by Crippen LogP contribution is 2.26. The monoisotopic (exact) mass is 308 g/mol. The predicted octanol–water partition coefficient (Wildman–Crippen LogP) is 3.12. The fourth-order valence-corrected chi connectivity index (χ4v) is 2.74. The van der Waals surface area contributed by atoms with Crippen LogP contribution in [-0.2, 0) is 12.8 Å². The van der Waals surface area contributed by atoms with Crippen molar-refractivity contribution in [3.05, 3.63) is 58.7 Å². The van der Waals surface area contributed by atoms with Gasteiger partial charge in [0.1, 0.15) is 11.5 Å². The van der Waals surface area contributed by atoms with Crippen molar-refractivity contribution in [3.63, 3.8) is 0 Å². The van der Waals surface area contributed by atoms with Gasteiger partial charge in [0, 0.05) is 23.6 Å². The van der Waals surface area contributed by atoms with E-state index in [-0.39, 0.29) is 0 Å². The van der Waals surface area contributed by atoms with Crippen LogP contribution in [0.3, 0.4) is 0 Å². The van der Waals surface area contributed by atoms with Crippen molar-refractivity contribution in [1.82, 2.24) is 0 Å². The van der Waals surface area contributed by atoms with Gasteiger partial charge in [-0.15, -0.1) is 0 Å². The fraction of sp³-hybridized carbons (Fsp3) is 0.263. The summed E-state index contributed by atoms with van der Waals surface area (Å²) in [6.45, 7) is 1.08. The van der Waals surface area contributed by atoms with Gasteiger partial charge in [-0.05, 0) is 42.5 Å². The average molecular weight is 308 g/mol. The van der Waals surface area contributed by atoms with E-state index in [4.69, 9.17) is 0 Å². The molecule has 2 aromatic carbocycles. The van der Waals surface area contributed by atoms with Gasteiger partial charge < -0.3 is 10.2 Å². The predicted molar refractivity (Wildman–Crippen MR) is 93.2 cm³/mol. The second-order valence-electron chi connectivity index (χ2n) is 5.63. The number of fused-ring (bicyclic) bond motifs is 4. The van der Waals surface area contributed by atoms with Crippen LogP contribution in [0.5, 0.6) is 11.5 Å². The highest BCUT2D eigenvalue weighted by atomic mass is 16.3. The zero-order chi connectivity index (χ0) is 16.1. The Morgan fingerprint density at radius 1 is 0.696 bits per heavy atom. The van der Waals surface area contributed by atoms with E-state index in [2.05, 4.69) is 9.98 Å². The van der Waals surface area contributed by atoms with Gasteiger partial charge in [0.15, 0.2) is 0 Å². The highest BCUT2D eigenvalue weighted by molar-refractivity contribution is 5.85. The SMILES string of the molecule is Oc1c2cccc1CCCc1cccc(c1O)C=NCCN=C2. The molecule has 2 N–H and O–H groups in total. The average Bonchev–Trinajstić information content (AvgIpc) is 2.55. The van der Waals surface area contributed by atoms with E-state index in [0.717, 1.165) is 41.5 Å². The third kappa shape index (κ3) is 3.59. The highest BCUT2D eigenvalue weighted by Gasteiger charge is 2.08. The van der Waals surface area contributed by atoms with Crippen LogP contribution in [-0.4, -0.2) is 35.7 Å². The van der Waals surface area contributed by atoms with Crippen molar-refractivity contribution >= 4 is 12.4 Å². The first kappa shape index (κ1) is 15.3. The maximum atomic E-state index is 10.3. The molecule has 4 bridgehead atoms. The van der Waals surface area contributed by atoms with Crippen LogP contribution in [0.15, 0.2) is 46.4 Å². The Morgan fingerprint density at radius 3 is 1.65 bits per heavy atom. The molecule has 4 heteroatoms. The first-order chi connectivity index (χ1) is 11.3. The van der Waals surface area contributed by atoms with E-state index in [1.807, 2.05) is 36.4 Å². The number of hydrogen-bond donors (Lipinski definition) is 2. The summed E-state index contributed by atoms with van der Waals surface area (Å²) in [5.74, 6) is 0.597. The molecule has 0 saturated heterocycles. The van der Waals surface area contributed by atoms with Crippen molar-refractivity contribution in [2.45, 2.75) is 19.3 Å². The number of rotatable bonds is 0. The molecule has 0 atom stereocenters. The van der Waals surface area contributed by atoms with Gasteiger partial charge in [0.2, 0.25) is 0 Å². The molecule has 0 aliphatic carbocycles. The summed E-state index contributed by atoms with van der Waals surface area (Å²) >= 11 is 0. The molecule has 3 rings (SSSR count). The van der Waals surface area contributed by atoms with Crippen molar-refractivity contribution < 1.29 is 10.2 Å². The van der Waals surface area contributed by atoms with Crippen LogP contribution < -0.4 is 0 Å². The maximum Gasteiger partial charge on any atom is 0.127 e. The Balaban J connectivity index is 1.92. The Morgan fingerprint density at radius 2 is 1.17 bits per heavy atom. The van der Waals surface area contributed by atoms with Crippen molar-refractivity contribution in [2.75, 3.05) is 13.1 Å². The molecular weight excluding hydrogens is 288 g/mol. The molecule has 1 aliphatic rings. The molecule has 0 saturated carbocycles. The van der Waals surface area contributed by atoms with Gasteiger partial charge in [-0.25, -0.2) is 0 Å². The van der Waals surface area contributed by atoms with E-state index in [0.29, 0.717) is 24.6 Å². The number of phenolic OH excluding ortho intramolecular Hbond substituents is 2. The number of aliphatic imine (C=N–C) groups is 2. The lowest BCUT2D eigenvalue weighted by Gasteiger charge is -2.09. The first-order valence-electron chi connectivity index (χ1n) is 7.87. The Hall–Kier alpha value is -2.62. The number of benzene rings is 2. The smallest absolute Gasteiger partial charge is 0.127 e. The van der Waals surface area contributed by atoms with Gasteiger partial charge in [-0.2, -0.15) is 0 Å². The van der Waals surface area contributed by atoms with Gasteiger partial charge in [-0.1, -0.05) is 24.3 Å². The molecule has 0 fully saturated rings. The minimum atomic E-state index is 0.299. The number of aryl methyl sites for hydroxylation is 2. The lowest BCUT2D eigenvalue weighted by molar-refractivity contribution is 0.463. The molecule has 1 heterocycles. The van der Waals surface area contributed by atoms with Crippen LogP contribution in [0.25, 0.3) is 0 Å². The second-order valence-corrected chi connectivity index (χ2v) is 5.63. The zero-order valence-corrected chi connectivity index (χ0v) is 12.9. The molecule has 0 aromatic heterocycles. The van der Waals surface area contributed by atoms with E-state index in [9.17, 15) is 10.2 Å². The lowest BCUT2D eigenvalue weighted by Crippen LogP contribution is -1.95. The van der Waals surface area contributed by atoms with E-state index in [1.165, 1.54) is 0 Å². The summed E-state index contributed by atoms with van der Waals surface area (Å²) in [7, 11) is 0. The van der Waals surface area contributed by atoms with Crippen molar-refractivity contribution in [3.8, 4) is 11.5 Å². The molecule has 0 unspecified atom stereocenters. The molecule has 2 aromatic rings. The molecule has 4 nitrogen and oxygen atoms in total. The minimum absolute atomic E-state index is 0.299. The van der Waals surface area contributed by atoms with E-state index >= 15 is 0 Å². The molecule has 0 spiro atoms. The summed E-state index contributed by atoms with van der Waals surface area (Å²) in [5.41, 5.74) is 3.31. The number of hydrogen-bond acceptors (Lipinski definition) is 4. The van der Waals surface area contributed by atoms with Gasteiger partial charge in [-0.3, -0.25) is 9.98 Å². The maximum absolute atomic E-state index is 10.3. The molecule has 0 amide bonds. The molecule has 23 heavy (non-hydrogen) atoms. The van der Waals surface area contributed by atoms with Gasteiger partial charge in [0.05, 0.1) is 13.1 Å².